The van der Waals surface area contributed by atoms with Gasteiger partial charge in [-0.2, -0.15) is 0 Å². The first-order valence-corrected chi connectivity index (χ1v) is 5.39. The maximum atomic E-state index is 5.46. The molecular formula is C13H20N2. The fraction of sp³-hybridized carbons (Fsp3) is 0.385. The molecule has 0 fully saturated rings. The summed E-state index contributed by atoms with van der Waals surface area (Å²) in [5.41, 5.74) is 5.50. The van der Waals surface area contributed by atoms with Crippen molar-refractivity contribution in [2.24, 2.45) is 5.84 Å². The molecule has 0 amide bonds. The topological polar surface area (TPSA) is 38.0 Å². The summed E-state index contributed by atoms with van der Waals surface area (Å²) < 4.78 is 0. The zero-order chi connectivity index (χ0) is 11.1. The second kappa shape index (κ2) is 6.38. The summed E-state index contributed by atoms with van der Waals surface area (Å²) in [6.07, 6.45) is 4.93. The Kier molecular flexibility index (Phi) is 5.08. The molecule has 2 nitrogen and oxygen atoms in total. The lowest BCUT2D eigenvalue weighted by Gasteiger charge is -2.13. The number of nitrogens with two attached hydrogens (primary N) is 1. The summed E-state index contributed by atoms with van der Waals surface area (Å²) in [4.78, 5) is 0. The molecule has 1 atom stereocenters. The van der Waals surface area contributed by atoms with Crippen LogP contribution in [0.3, 0.4) is 0 Å². The Morgan fingerprint density at radius 2 is 2.33 bits per heavy atom. The largest absolute Gasteiger partial charge is 0.271 e. The lowest BCUT2D eigenvalue weighted by molar-refractivity contribution is 0.499. The molecule has 82 valence electrons. The first kappa shape index (κ1) is 12.0. The fourth-order valence-corrected chi connectivity index (χ4v) is 1.68. The van der Waals surface area contributed by atoms with Crippen LogP contribution in [0.25, 0.3) is 0 Å². The third kappa shape index (κ3) is 4.28. The van der Waals surface area contributed by atoms with Crippen molar-refractivity contribution in [3.8, 4) is 0 Å². The summed E-state index contributed by atoms with van der Waals surface area (Å²) in [5.74, 6) is 5.46. The molecule has 0 aliphatic carbocycles. The van der Waals surface area contributed by atoms with Crippen LogP contribution in [0.5, 0.6) is 0 Å². The van der Waals surface area contributed by atoms with E-state index in [4.69, 9.17) is 5.84 Å². The van der Waals surface area contributed by atoms with E-state index in [0.29, 0.717) is 6.04 Å². The Labute approximate surface area is 92.2 Å². The molecule has 0 aliphatic heterocycles. The van der Waals surface area contributed by atoms with Crippen LogP contribution in [0, 0.1) is 6.92 Å². The van der Waals surface area contributed by atoms with Gasteiger partial charge < -0.3 is 0 Å². The quantitative estimate of drug-likeness (QED) is 0.424. The van der Waals surface area contributed by atoms with Gasteiger partial charge in [0, 0.05) is 6.04 Å². The minimum atomic E-state index is 0.336. The van der Waals surface area contributed by atoms with Gasteiger partial charge in [-0.25, -0.2) is 0 Å². The molecule has 0 aromatic heterocycles. The van der Waals surface area contributed by atoms with Gasteiger partial charge in [-0.15, -0.1) is 6.58 Å². The first-order valence-electron chi connectivity index (χ1n) is 5.39. The average Bonchev–Trinajstić information content (AvgIpc) is 2.24. The Morgan fingerprint density at radius 1 is 1.53 bits per heavy atom. The Balaban J connectivity index is 2.44. The molecule has 0 spiro atoms. The number of hydrazine groups is 1. The van der Waals surface area contributed by atoms with E-state index in [0.717, 1.165) is 19.3 Å². The molecule has 0 bridgehead atoms. The van der Waals surface area contributed by atoms with Gasteiger partial charge in [0.25, 0.3) is 0 Å². The highest BCUT2D eigenvalue weighted by Gasteiger charge is 2.04. The van der Waals surface area contributed by atoms with Gasteiger partial charge in [-0.1, -0.05) is 35.9 Å². The molecule has 0 heterocycles. The van der Waals surface area contributed by atoms with E-state index in [-0.39, 0.29) is 0 Å². The number of hydrogen-bond acceptors (Lipinski definition) is 2. The maximum absolute atomic E-state index is 5.46. The number of rotatable bonds is 6. The van der Waals surface area contributed by atoms with Crippen LogP contribution in [0.2, 0.25) is 0 Å². The second-order valence-electron chi connectivity index (χ2n) is 3.92. The zero-order valence-corrected chi connectivity index (χ0v) is 9.37. The molecule has 2 heteroatoms. The normalized spacial score (nSPS) is 12.4. The maximum Gasteiger partial charge on any atom is 0.0248 e. The summed E-state index contributed by atoms with van der Waals surface area (Å²) in [7, 11) is 0. The number of benzene rings is 1. The van der Waals surface area contributed by atoms with E-state index in [1.54, 1.807) is 0 Å². The summed E-state index contributed by atoms with van der Waals surface area (Å²) in [6.45, 7) is 5.84. The predicted molar refractivity (Wildman–Crippen MR) is 65.4 cm³/mol. The van der Waals surface area contributed by atoms with Gasteiger partial charge >= 0.3 is 0 Å². The van der Waals surface area contributed by atoms with Crippen molar-refractivity contribution >= 4 is 0 Å². The van der Waals surface area contributed by atoms with Crippen LogP contribution in [-0.4, -0.2) is 6.04 Å². The standard InChI is InChI=1S/C13H20N2/c1-3-5-13(15-14)9-8-12-7-4-6-11(2)10-12/h3-4,6-7,10,13,15H,1,5,8-9,14H2,2H3. The molecule has 1 rings (SSSR count). The van der Waals surface area contributed by atoms with Gasteiger partial charge in [0.2, 0.25) is 0 Å². The number of hydrogen-bond donors (Lipinski definition) is 2. The molecule has 1 aromatic rings. The minimum absolute atomic E-state index is 0.336. The summed E-state index contributed by atoms with van der Waals surface area (Å²) in [6, 6.07) is 8.94. The smallest absolute Gasteiger partial charge is 0.0248 e. The number of nitrogens with one attached hydrogen (secondary N) is 1. The first-order chi connectivity index (χ1) is 7.26. The van der Waals surface area contributed by atoms with Crippen molar-refractivity contribution in [2.45, 2.75) is 32.2 Å². The van der Waals surface area contributed by atoms with E-state index in [9.17, 15) is 0 Å². The SMILES string of the molecule is C=CCC(CCc1cccc(C)c1)NN. The Morgan fingerprint density at radius 3 is 2.93 bits per heavy atom. The van der Waals surface area contributed by atoms with E-state index >= 15 is 0 Å². The fourth-order valence-electron chi connectivity index (χ4n) is 1.68. The van der Waals surface area contributed by atoms with E-state index < -0.39 is 0 Å². The third-order valence-corrected chi connectivity index (χ3v) is 2.55. The van der Waals surface area contributed by atoms with Crippen LogP contribution in [-0.2, 0) is 6.42 Å². The van der Waals surface area contributed by atoms with Crippen molar-refractivity contribution in [1.82, 2.24) is 5.43 Å². The van der Waals surface area contributed by atoms with Crippen LogP contribution in [0.4, 0.5) is 0 Å². The average molecular weight is 204 g/mol. The van der Waals surface area contributed by atoms with Gasteiger partial charge in [0.05, 0.1) is 0 Å². The van der Waals surface area contributed by atoms with E-state index in [1.165, 1.54) is 11.1 Å². The van der Waals surface area contributed by atoms with E-state index in [1.807, 2.05) is 6.08 Å². The molecule has 1 unspecified atom stereocenters. The number of aryl methyl sites for hydroxylation is 2. The lowest BCUT2D eigenvalue weighted by atomic mass is 10.0. The van der Waals surface area contributed by atoms with Crippen molar-refractivity contribution in [3.63, 3.8) is 0 Å². The molecule has 1 aromatic carbocycles. The van der Waals surface area contributed by atoms with Crippen molar-refractivity contribution < 1.29 is 0 Å². The van der Waals surface area contributed by atoms with E-state index in [2.05, 4.69) is 43.2 Å². The molecule has 15 heavy (non-hydrogen) atoms. The van der Waals surface area contributed by atoms with Crippen molar-refractivity contribution in [1.29, 1.82) is 0 Å². The third-order valence-electron chi connectivity index (χ3n) is 2.55. The monoisotopic (exact) mass is 204 g/mol. The Bertz CT molecular complexity index is 307. The van der Waals surface area contributed by atoms with Crippen LogP contribution in [0.1, 0.15) is 24.0 Å². The van der Waals surface area contributed by atoms with Gasteiger partial charge in [-0.3, -0.25) is 11.3 Å². The lowest BCUT2D eigenvalue weighted by Crippen LogP contribution is -2.34. The van der Waals surface area contributed by atoms with Crippen LogP contribution < -0.4 is 11.3 Å². The highest BCUT2D eigenvalue weighted by Crippen LogP contribution is 2.09. The molecule has 0 saturated heterocycles. The Hall–Kier alpha value is -1.12. The minimum Gasteiger partial charge on any atom is -0.271 e. The van der Waals surface area contributed by atoms with Gasteiger partial charge in [-0.05, 0) is 31.7 Å². The molecule has 0 radical (unpaired) electrons. The second-order valence-corrected chi connectivity index (χ2v) is 3.92. The molecule has 0 saturated carbocycles. The summed E-state index contributed by atoms with van der Waals surface area (Å²) in [5, 5.41) is 0. The predicted octanol–water partition coefficient (Wildman–Crippen LogP) is 2.34. The van der Waals surface area contributed by atoms with Crippen LogP contribution in [0.15, 0.2) is 36.9 Å². The zero-order valence-electron chi connectivity index (χ0n) is 9.37. The molecule has 3 N–H and O–H groups in total. The van der Waals surface area contributed by atoms with Gasteiger partial charge in [0.15, 0.2) is 0 Å². The van der Waals surface area contributed by atoms with Crippen molar-refractivity contribution in [2.75, 3.05) is 0 Å². The molecular weight excluding hydrogens is 184 g/mol. The van der Waals surface area contributed by atoms with Crippen molar-refractivity contribution in [3.05, 3.63) is 48.0 Å². The highest BCUT2D eigenvalue weighted by molar-refractivity contribution is 5.22. The summed E-state index contributed by atoms with van der Waals surface area (Å²) >= 11 is 0. The van der Waals surface area contributed by atoms with Crippen LogP contribution >= 0.6 is 0 Å². The molecule has 0 aliphatic rings. The highest BCUT2D eigenvalue weighted by atomic mass is 15.2. The van der Waals surface area contributed by atoms with Gasteiger partial charge in [0.1, 0.15) is 0 Å².